The second kappa shape index (κ2) is 9.45. The second-order valence-electron chi connectivity index (χ2n) is 7.25. The smallest absolute Gasteiger partial charge is 0.347 e. The van der Waals surface area contributed by atoms with Gasteiger partial charge in [-0.3, -0.25) is 4.79 Å². The number of aromatic nitrogens is 3. The molecular weight excluding hydrogens is 456 g/mol. The Bertz CT molecular complexity index is 948. The summed E-state index contributed by atoms with van der Waals surface area (Å²) in [7, 11) is 0. The third kappa shape index (κ3) is 5.89. The van der Waals surface area contributed by atoms with Crippen LogP contribution in [0.2, 0.25) is 5.15 Å². The van der Waals surface area contributed by atoms with Gasteiger partial charge in [0.15, 0.2) is 16.1 Å². The number of rotatable bonds is 8. The highest BCUT2D eigenvalue weighted by molar-refractivity contribution is 7.17. The van der Waals surface area contributed by atoms with Crippen LogP contribution in [-0.4, -0.2) is 69.7 Å². The molecule has 2 aromatic heterocycles. The molecule has 1 amide bonds. The number of nitrogens with one attached hydrogen (secondary N) is 2. The van der Waals surface area contributed by atoms with E-state index in [0.717, 1.165) is 18.3 Å². The van der Waals surface area contributed by atoms with Crippen molar-refractivity contribution in [2.24, 2.45) is 0 Å². The number of carbonyl (C=O) groups excluding carboxylic acids is 1. The van der Waals surface area contributed by atoms with Crippen molar-refractivity contribution in [1.82, 2.24) is 20.3 Å². The number of halogens is 3. The quantitative estimate of drug-likeness (QED) is 0.534. The van der Waals surface area contributed by atoms with Crippen molar-refractivity contribution in [3.63, 3.8) is 0 Å². The monoisotopic (exact) mass is 477 g/mol. The molecule has 31 heavy (non-hydrogen) atoms. The molecular formula is C18H22ClF2N5O4S. The molecule has 1 aliphatic heterocycles. The summed E-state index contributed by atoms with van der Waals surface area (Å²) >= 11 is 6.97. The van der Waals surface area contributed by atoms with Crippen LogP contribution in [0.25, 0.3) is 0 Å². The Hall–Kier alpha value is -2.31. The minimum atomic E-state index is -3.04. The summed E-state index contributed by atoms with van der Waals surface area (Å²) in [5.74, 6) is -4.61. The number of carboxylic acids is 1. The summed E-state index contributed by atoms with van der Waals surface area (Å²) < 4.78 is 32.2. The first-order valence-corrected chi connectivity index (χ1v) is 10.8. The standard InChI is InChI=1S/C18H22ClF2N5O4S/c1-3-9-13(19)25-14(23-9)15(27)24-10-4-5-26(7-11(10)30-8-18(2,20)21)17-22-6-12(31-17)16(28)29/h6,10-11H,3-5,7-8H2,1-2H3,(H,23,25)(H,24,27)(H,28,29). The van der Waals surface area contributed by atoms with Crippen molar-refractivity contribution < 1.29 is 28.2 Å². The van der Waals surface area contributed by atoms with Gasteiger partial charge in [-0.2, -0.15) is 0 Å². The van der Waals surface area contributed by atoms with Crippen molar-refractivity contribution in [2.45, 2.75) is 44.8 Å². The van der Waals surface area contributed by atoms with Gasteiger partial charge in [0.2, 0.25) is 0 Å². The Balaban J connectivity index is 1.73. The molecule has 13 heteroatoms. The van der Waals surface area contributed by atoms with Crippen LogP contribution < -0.4 is 10.2 Å². The molecule has 1 saturated heterocycles. The number of thiazole rings is 1. The number of ether oxygens (including phenoxy) is 1. The number of aromatic carboxylic acids is 1. The Morgan fingerprint density at radius 3 is 2.84 bits per heavy atom. The maximum atomic E-state index is 13.4. The number of piperidine rings is 1. The summed E-state index contributed by atoms with van der Waals surface area (Å²) in [5.41, 5.74) is 0.623. The van der Waals surface area contributed by atoms with E-state index in [4.69, 9.17) is 21.4 Å². The lowest BCUT2D eigenvalue weighted by Gasteiger charge is -2.38. The van der Waals surface area contributed by atoms with E-state index in [-0.39, 0.29) is 22.4 Å². The molecule has 0 aromatic carbocycles. The lowest BCUT2D eigenvalue weighted by Crippen LogP contribution is -2.56. The molecule has 0 bridgehead atoms. The number of nitrogens with zero attached hydrogens (tertiary/aromatic N) is 3. The topological polar surface area (TPSA) is 120 Å². The van der Waals surface area contributed by atoms with Crippen molar-refractivity contribution in [2.75, 3.05) is 24.6 Å². The number of H-pyrrole nitrogens is 1. The Morgan fingerprint density at radius 1 is 1.52 bits per heavy atom. The normalized spacial score (nSPS) is 19.5. The average molecular weight is 478 g/mol. The highest BCUT2D eigenvalue weighted by Crippen LogP contribution is 2.27. The highest BCUT2D eigenvalue weighted by Gasteiger charge is 2.35. The summed E-state index contributed by atoms with van der Waals surface area (Å²) in [6.07, 6.45) is 1.43. The molecule has 1 aliphatic rings. The molecule has 9 nitrogen and oxygen atoms in total. The number of aryl methyl sites for hydroxylation is 1. The van der Waals surface area contributed by atoms with Crippen LogP contribution in [0.5, 0.6) is 0 Å². The van der Waals surface area contributed by atoms with Gasteiger partial charge in [-0.05, 0) is 12.8 Å². The number of alkyl halides is 2. The highest BCUT2D eigenvalue weighted by atomic mass is 35.5. The van der Waals surface area contributed by atoms with E-state index >= 15 is 0 Å². The maximum Gasteiger partial charge on any atom is 0.347 e. The second-order valence-corrected chi connectivity index (χ2v) is 8.62. The lowest BCUT2D eigenvalue weighted by molar-refractivity contribution is -0.0947. The van der Waals surface area contributed by atoms with Gasteiger partial charge in [0.05, 0.1) is 24.0 Å². The number of carbonyl (C=O) groups is 2. The van der Waals surface area contributed by atoms with E-state index in [0.29, 0.717) is 30.2 Å². The van der Waals surface area contributed by atoms with Gasteiger partial charge in [-0.25, -0.2) is 23.5 Å². The van der Waals surface area contributed by atoms with Gasteiger partial charge in [-0.15, -0.1) is 0 Å². The molecule has 1 fully saturated rings. The summed E-state index contributed by atoms with van der Waals surface area (Å²) in [6, 6.07) is -0.557. The van der Waals surface area contributed by atoms with Crippen molar-refractivity contribution >= 4 is 39.9 Å². The fraction of sp³-hybridized carbons (Fsp3) is 0.556. The number of anilines is 1. The van der Waals surface area contributed by atoms with Crippen LogP contribution in [0.15, 0.2) is 6.20 Å². The van der Waals surface area contributed by atoms with Crippen molar-refractivity contribution in [3.8, 4) is 0 Å². The van der Waals surface area contributed by atoms with E-state index < -0.39 is 36.6 Å². The molecule has 170 valence electrons. The zero-order chi connectivity index (χ0) is 22.8. The average Bonchev–Trinajstić information content (AvgIpc) is 3.33. The van der Waals surface area contributed by atoms with Crippen LogP contribution in [0.3, 0.4) is 0 Å². The zero-order valence-electron chi connectivity index (χ0n) is 16.8. The van der Waals surface area contributed by atoms with Crippen LogP contribution in [0.4, 0.5) is 13.9 Å². The third-order valence-electron chi connectivity index (χ3n) is 4.70. The van der Waals surface area contributed by atoms with Crippen LogP contribution in [-0.2, 0) is 11.2 Å². The SMILES string of the molecule is CCc1[nH]c(C(=O)NC2CCN(c3ncc(C(=O)O)s3)CC2OCC(C)(F)F)nc1Cl. The van der Waals surface area contributed by atoms with E-state index in [1.165, 1.54) is 6.20 Å². The summed E-state index contributed by atoms with van der Waals surface area (Å²) in [6.45, 7) is 2.38. The van der Waals surface area contributed by atoms with Crippen LogP contribution in [0.1, 0.15) is 46.3 Å². The number of aromatic amines is 1. The van der Waals surface area contributed by atoms with Crippen molar-refractivity contribution in [3.05, 3.63) is 27.7 Å². The number of amides is 1. The first-order valence-electron chi connectivity index (χ1n) is 9.56. The molecule has 0 saturated carbocycles. The van der Waals surface area contributed by atoms with Gasteiger partial charge >= 0.3 is 5.97 Å². The molecule has 3 N–H and O–H groups in total. The predicted molar refractivity (Wildman–Crippen MR) is 110 cm³/mol. The molecule has 3 heterocycles. The molecule has 0 spiro atoms. The number of hydrogen-bond donors (Lipinski definition) is 3. The first kappa shape index (κ1) is 23.4. The van der Waals surface area contributed by atoms with E-state index in [9.17, 15) is 18.4 Å². The number of carboxylic acid groups (broad SMARTS) is 1. The van der Waals surface area contributed by atoms with Gasteiger partial charge < -0.3 is 25.0 Å². The van der Waals surface area contributed by atoms with Crippen molar-refractivity contribution in [1.29, 1.82) is 0 Å². The predicted octanol–water partition coefficient (Wildman–Crippen LogP) is 2.83. The fourth-order valence-corrected chi connectivity index (χ4v) is 4.21. The van der Waals surface area contributed by atoms with E-state index in [2.05, 4.69) is 20.3 Å². The van der Waals surface area contributed by atoms with Gasteiger partial charge in [0.25, 0.3) is 11.8 Å². The zero-order valence-corrected chi connectivity index (χ0v) is 18.4. The molecule has 2 aromatic rings. The molecule has 3 rings (SSSR count). The van der Waals surface area contributed by atoms with Gasteiger partial charge in [0, 0.05) is 20.0 Å². The molecule has 2 atom stereocenters. The Morgan fingerprint density at radius 2 is 2.26 bits per heavy atom. The Kier molecular flexibility index (Phi) is 7.12. The first-order chi connectivity index (χ1) is 14.6. The summed E-state index contributed by atoms with van der Waals surface area (Å²) in [4.78, 5) is 36.5. The molecule has 0 aliphatic carbocycles. The minimum Gasteiger partial charge on any atom is -0.477 e. The van der Waals surface area contributed by atoms with Crippen LogP contribution >= 0.6 is 22.9 Å². The number of imidazole rings is 1. The van der Waals surface area contributed by atoms with Crippen LogP contribution in [0, 0.1) is 0 Å². The van der Waals surface area contributed by atoms with E-state index in [1.807, 2.05) is 6.92 Å². The maximum absolute atomic E-state index is 13.4. The van der Waals surface area contributed by atoms with Gasteiger partial charge in [0.1, 0.15) is 11.5 Å². The Labute approximate surface area is 185 Å². The van der Waals surface area contributed by atoms with E-state index in [1.54, 1.807) is 4.90 Å². The van der Waals surface area contributed by atoms with Gasteiger partial charge in [-0.1, -0.05) is 29.9 Å². The number of hydrogen-bond acceptors (Lipinski definition) is 7. The lowest BCUT2D eigenvalue weighted by atomic mass is 10.0. The largest absolute Gasteiger partial charge is 0.477 e. The minimum absolute atomic E-state index is 0.0369. The fourth-order valence-electron chi connectivity index (χ4n) is 3.15. The molecule has 2 unspecified atom stereocenters. The molecule has 0 radical (unpaired) electrons. The summed E-state index contributed by atoms with van der Waals surface area (Å²) in [5, 5.41) is 12.5. The third-order valence-corrected chi connectivity index (χ3v) is 6.06.